The van der Waals surface area contributed by atoms with Crippen LogP contribution in [-0.4, -0.2) is 14.9 Å². The van der Waals surface area contributed by atoms with Gasteiger partial charge in [0.1, 0.15) is 5.82 Å². The van der Waals surface area contributed by atoms with Crippen molar-refractivity contribution in [1.29, 1.82) is 0 Å². The van der Waals surface area contributed by atoms with Crippen LogP contribution in [0.3, 0.4) is 0 Å². The number of rotatable bonds is 4. The van der Waals surface area contributed by atoms with E-state index in [1.165, 1.54) is 6.07 Å². The van der Waals surface area contributed by atoms with Crippen LogP contribution < -0.4 is 0 Å². The molecule has 0 aliphatic rings. The molecule has 0 saturated carbocycles. The number of hydrogen-bond acceptors (Lipinski definition) is 2. The number of aliphatic hydroxyl groups is 1. The average molecular weight is 262 g/mol. The first-order chi connectivity index (χ1) is 8.92. The summed E-state index contributed by atoms with van der Waals surface area (Å²) >= 11 is 0. The fourth-order valence-corrected chi connectivity index (χ4v) is 2.10. The van der Waals surface area contributed by atoms with Gasteiger partial charge in [-0.2, -0.15) is 5.10 Å². The quantitative estimate of drug-likeness (QED) is 0.920. The van der Waals surface area contributed by atoms with Gasteiger partial charge in [0, 0.05) is 19.2 Å². The van der Waals surface area contributed by atoms with E-state index in [4.69, 9.17) is 0 Å². The normalized spacial score (nSPS) is 14.4. The van der Waals surface area contributed by atoms with Gasteiger partial charge in [0.25, 0.3) is 0 Å². The summed E-state index contributed by atoms with van der Waals surface area (Å²) in [7, 11) is 0. The van der Waals surface area contributed by atoms with E-state index in [-0.39, 0.29) is 5.82 Å². The van der Waals surface area contributed by atoms with E-state index in [2.05, 4.69) is 5.10 Å². The molecule has 1 unspecified atom stereocenters. The van der Waals surface area contributed by atoms with Crippen LogP contribution in [0.25, 0.3) is 0 Å². The molecule has 1 aromatic carbocycles. The lowest BCUT2D eigenvalue weighted by molar-refractivity contribution is 0.0572. The number of aryl methyl sites for hydroxylation is 2. The number of hydrogen-bond donors (Lipinski definition) is 1. The smallest absolute Gasteiger partial charge is 0.126 e. The fourth-order valence-electron chi connectivity index (χ4n) is 2.10. The monoisotopic (exact) mass is 262 g/mol. The summed E-state index contributed by atoms with van der Waals surface area (Å²) in [5.74, 6) is -0.290. The molecule has 1 N–H and O–H groups in total. The molecule has 2 aromatic rings. The summed E-state index contributed by atoms with van der Waals surface area (Å²) < 4.78 is 15.4. The van der Waals surface area contributed by atoms with E-state index in [9.17, 15) is 9.50 Å². The maximum atomic E-state index is 13.6. The highest BCUT2D eigenvalue weighted by atomic mass is 19.1. The van der Waals surface area contributed by atoms with Gasteiger partial charge in [0.15, 0.2) is 0 Å². The van der Waals surface area contributed by atoms with Gasteiger partial charge < -0.3 is 5.11 Å². The van der Waals surface area contributed by atoms with Crippen molar-refractivity contribution in [2.45, 2.75) is 39.3 Å². The highest BCUT2D eigenvalue weighted by Crippen LogP contribution is 2.26. The first-order valence-electron chi connectivity index (χ1n) is 6.42. The van der Waals surface area contributed by atoms with Crippen LogP contribution in [0.2, 0.25) is 0 Å². The number of halogens is 1. The van der Waals surface area contributed by atoms with Gasteiger partial charge in [-0.15, -0.1) is 0 Å². The van der Waals surface area contributed by atoms with Gasteiger partial charge in [-0.3, -0.25) is 4.68 Å². The molecule has 0 amide bonds. The zero-order valence-electron chi connectivity index (χ0n) is 11.5. The molecule has 0 radical (unpaired) electrons. The topological polar surface area (TPSA) is 38.0 Å². The second kappa shape index (κ2) is 5.13. The van der Waals surface area contributed by atoms with Crippen molar-refractivity contribution in [2.75, 3.05) is 0 Å². The Morgan fingerprint density at radius 1 is 1.42 bits per heavy atom. The maximum absolute atomic E-state index is 13.6. The van der Waals surface area contributed by atoms with Crippen LogP contribution >= 0.6 is 0 Å². The predicted molar refractivity (Wildman–Crippen MR) is 72.3 cm³/mol. The molecule has 0 aliphatic heterocycles. The van der Waals surface area contributed by atoms with Crippen molar-refractivity contribution in [3.05, 3.63) is 53.1 Å². The number of aromatic nitrogens is 2. The van der Waals surface area contributed by atoms with Crippen molar-refractivity contribution in [2.24, 2.45) is 0 Å². The van der Waals surface area contributed by atoms with Gasteiger partial charge in [0.2, 0.25) is 0 Å². The molecule has 1 heterocycles. The third-order valence-corrected chi connectivity index (χ3v) is 3.35. The standard InChI is InChI=1S/C15H19FN2O/c1-4-18-10-12(9-17-18)8-15(3,19)13-6-5-11(2)14(16)7-13/h5-7,9-10,19H,4,8H2,1-3H3. The highest BCUT2D eigenvalue weighted by Gasteiger charge is 2.25. The molecular weight excluding hydrogens is 243 g/mol. The van der Waals surface area contributed by atoms with Crippen molar-refractivity contribution in [1.82, 2.24) is 9.78 Å². The van der Waals surface area contributed by atoms with Crippen LogP contribution in [0.15, 0.2) is 30.6 Å². The van der Waals surface area contributed by atoms with Gasteiger partial charge in [-0.1, -0.05) is 12.1 Å². The Bertz CT molecular complexity index is 575. The molecule has 0 aliphatic carbocycles. The van der Waals surface area contributed by atoms with Crippen molar-refractivity contribution in [3.63, 3.8) is 0 Å². The van der Waals surface area contributed by atoms with E-state index in [1.807, 2.05) is 13.1 Å². The molecule has 0 spiro atoms. The summed E-state index contributed by atoms with van der Waals surface area (Å²) in [5, 5.41) is 14.7. The number of nitrogens with zero attached hydrogens (tertiary/aromatic N) is 2. The van der Waals surface area contributed by atoms with Crippen molar-refractivity contribution < 1.29 is 9.50 Å². The molecule has 19 heavy (non-hydrogen) atoms. The van der Waals surface area contributed by atoms with E-state index in [0.717, 1.165) is 12.1 Å². The lowest BCUT2D eigenvalue weighted by Crippen LogP contribution is -2.24. The molecule has 2 rings (SSSR count). The molecule has 0 bridgehead atoms. The third kappa shape index (κ3) is 3.01. The van der Waals surface area contributed by atoms with Crippen LogP contribution in [0, 0.1) is 12.7 Å². The third-order valence-electron chi connectivity index (χ3n) is 3.35. The van der Waals surface area contributed by atoms with Gasteiger partial charge in [0.05, 0.1) is 11.8 Å². The minimum Gasteiger partial charge on any atom is -0.385 e. The van der Waals surface area contributed by atoms with Gasteiger partial charge in [-0.25, -0.2) is 4.39 Å². The SMILES string of the molecule is CCn1cc(CC(C)(O)c2ccc(C)c(F)c2)cn1. The lowest BCUT2D eigenvalue weighted by atomic mass is 9.89. The van der Waals surface area contributed by atoms with Crippen molar-refractivity contribution >= 4 is 0 Å². The predicted octanol–water partition coefficient (Wildman–Crippen LogP) is 2.80. The molecule has 0 fully saturated rings. The first-order valence-corrected chi connectivity index (χ1v) is 6.42. The largest absolute Gasteiger partial charge is 0.385 e. The summed E-state index contributed by atoms with van der Waals surface area (Å²) in [4.78, 5) is 0. The fraction of sp³-hybridized carbons (Fsp3) is 0.400. The van der Waals surface area contributed by atoms with Crippen LogP contribution in [0.5, 0.6) is 0 Å². The lowest BCUT2D eigenvalue weighted by Gasteiger charge is -2.23. The first kappa shape index (κ1) is 13.7. The van der Waals surface area contributed by atoms with E-state index >= 15 is 0 Å². The van der Waals surface area contributed by atoms with Crippen LogP contribution in [-0.2, 0) is 18.6 Å². The molecule has 1 aromatic heterocycles. The van der Waals surface area contributed by atoms with Gasteiger partial charge in [-0.05, 0) is 43.5 Å². The second-order valence-electron chi connectivity index (χ2n) is 5.12. The molecule has 3 nitrogen and oxygen atoms in total. The molecular formula is C15H19FN2O. The summed E-state index contributed by atoms with van der Waals surface area (Å²) in [6, 6.07) is 4.86. The number of benzene rings is 1. The summed E-state index contributed by atoms with van der Waals surface area (Å²) in [5.41, 5.74) is 1.00. The van der Waals surface area contributed by atoms with Gasteiger partial charge >= 0.3 is 0 Å². The zero-order chi connectivity index (χ0) is 14.0. The maximum Gasteiger partial charge on any atom is 0.126 e. The molecule has 0 saturated heterocycles. The molecule has 1 atom stereocenters. The Hall–Kier alpha value is -1.68. The minimum absolute atomic E-state index is 0.290. The summed E-state index contributed by atoms with van der Waals surface area (Å²) in [6.07, 6.45) is 4.05. The Kier molecular flexibility index (Phi) is 3.71. The van der Waals surface area contributed by atoms with Crippen molar-refractivity contribution in [3.8, 4) is 0 Å². The van der Waals surface area contributed by atoms with Crippen LogP contribution in [0.1, 0.15) is 30.5 Å². The molecule has 102 valence electrons. The molecule has 4 heteroatoms. The minimum atomic E-state index is -1.10. The summed E-state index contributed by atoms with van der Waals surface area (Å²) in [6.45, 7) is 6.20. The van der Waals surface area contributed by atoms with Crippen LogP contribution in [0.4, 0.5) is 4.39 Å². The zero-order valence-corrected chi connectivity index (χ0v) is 11.5. The Morgan fingerprint density at radius 3 is 2.74 bits per heavy atom. The van der Waals surface area contributed by atoms with E-state index in [1.54, 1.807) is 36.9 Å². The Morgan fingerprint density at radius 2 is 2.16 bits per heavy atom. The average Bonchev–Trinajstić information content (AvgIpc) is 2.79. The Labute approximate surface area is 112 Å². The highest BCUT2D eigenvalue weighted by molar-refractivity contribution is 5.29. The second-order valence-corrected chi connectivity index (χ2v) is 5.12. The Balaban J connectivity index is 2.23. The van der Waals surface area contributed by atoms with E-state index < -0.39 is 5.60 Å². The van der Waals surface area contributed by atoms with E-state index in [0.29, 0.717) is 17.5 Å².